The highest BCUT2D eigenvalue weighted by Gasteiger charge is 2.34. The summed E-state index contributed by atoms with van der Waals surface area (Å²) in [5.41, 5.74) is 2.95. The van der Waals surface area contributed by atoms with Crippen molar-refractivity contribution in [2.45, 2.75) is 19.1 Å². The average Bonchev–Trinajstić information content (AvgIpc) is 3.35. The molecule has 1 N–H and O–H groups in total. The number of aromatic nitrogens is 1. The molecule has 0 fully saturated rings. The number of rotatable bonds is 3. The van der Waals surface area contributed by atoms with Crippen molar-refractivity contribution in [3.8, 4) is 0 Å². The molecule has 25 heavy (non-hydrogen) atoms. The summed E-state index contributed by atoms with van der Waals surface area (Å²) in [5.74, 6) is -0.269. The van der Waals surface area contributed by atoms with Crippen LogP contribution in [-0.2, 0) is 13.1 Å². The number of thiophene rings is 2. The number of oxazole rings is 1. The van der Waals surface area contributed by atoms with Gasteiger partial charge in [0.2, 0.25) is 0 Å². The molecule has 0 saturated carbocycles. The first-order valence-electron chi connectivity index (χ1n) is 8.34. The molecule has 5 rings (SSSR count). The molecule has 4 aromatic rings. The van der Waals surface area contributed by atoms with Crippen LogP contribution >= 0.6 is 22.7 Å². The van der Waals surface area contributed by atoms with Crippen LogP contribution in [0.4, 0.5) is 0 Å². The molecule has 0 aliphatic carbocycles. The largest absolute Gasteiger partial charge is 0.424 e. The van der Waals surface area contributed by atoms with Gasteiger partial charge in [-0.1, -0.05) is 18.2 Å². The Bertz CT molecular complexity index is 1070. The highest BCUT2D eigenvalue weighted by molar-refractivity contribution is 7.10. The molecule has 0 saturated heterocycles. The summed E-state index contributed by atoms with van der Waals surface area (Å²) < 4.78 is 7.20. The summed E-state index contributed by atoms with van der Waals surface area (Å²) in [5, 5.41) is 4.32. The number of benzene rings is 1. The van der Waals surface area contributed by atoms with Gasteiger partial charge in [-0.05, 0) is 35.0 Å². The van der Waals surface area contributed by atoms with E-state index in [0.29, 0.717) is 12.3 Å². The molecule has 126 valence electrons. The van der Waals surface area contributed by atoms with Gasteiger partial charge in [0.1, 0.15) is 0 Å². The van der Waals surface area contributed by atoms with E-state index < -0.39 is 0 Å². The van der Waals surface area contributed by atoms with Crippen molar-refractivity contribution in [2.75, 3.05) is 6.54 Å². The molecule has 0 spiro atoms. The van der Waals surface area contributed by atoms with Crippen LogP contribution in [0.5, 0.6) is 0 Å². The Hall–Kier alpha value is -2.15. The van der Waals surface area contributed by atoms with E-state index in [0.717, 1.165) is 18.5 Å². The molecule has 0 bridgehead atoms. The fourth-order valence-electron chi connectivity index (χ4n) is 3.80. The molecule has 0 radical (unpaired) electrons. The lowest BCUT2D eigenvalue weighted by Gasteiger charge is -2.32. The van der Waals surface area contributed by atoms with Crippen LogP contribution in [0.25, 0.3) is 11.1 Å². The number of para-hydroxylation sites is 2. The van der Waals surface area contributed by atoms with Gasteiger partial charge < -0.3 is 9.32 Å². The molecule has 4 heterocycles. The first kappa shape index (κ1) is 15.1. The fraction of sp³-hybridized carbons (Fsp3) is 0.211. The monoisotopic (exact) mass is 369 g/mol. The Labute approximate surface area is 152 Å². The minimum absolute atomic E-state index is 0.269. The van der Waals surface area contributed by atoms with Gasteiger partial charge in [-0.3, -0.25) is 0 Å². The Balaban J connectivity index is 1.59. The number of quaternary nitrogens is 1. The second kappa shape index (κ2) is 5.98. The van der Waals surface area contributed by atoms with E-state index in [1.165, 1.54) is 20.2 Å². The van der Waals surface area contributed by atoms with Gasteiger partial charge in [-0.25, -0.2) is 9.36 Å². The smallest absolute Gasteiger partial charge is 0.408 e. The third-order valence-corrected chi connectivity index (χ3v) is 6.87. The maximum absolute atomic E-state index is 12.4. The second-order valence-corrected chi connectivity index (χ2v) is 8.31. The van der Waals surface area contributed by atoms with Crippen molar-refractivity contribution in [1.82, 2.24) is 4.57 Å². The van der Waals surface area contributed by atoms with Crippen molar-refractivity contribution in [3.63, 3.8) is 0 Å². The van der Waals surface area contributed by atoms with Crippen LogP contribution in [0.3, 0.4) is 0 Å². The van der Waals surface area contributed by atoms with Gasteiger partial charge >= 0.3 is 5.76 Å². The first-order valence-corrected chi connectivity index (χ1v) is 10.1. The predicted molar refractivity (Wildman–Crippen MR) is 100 cm³/mol. The fourth-order valence-corrected chi connectivity index (χ4v) is 5.62. The van der Waals surface area contributed by atoms with Crippen LogP contribution in [0.15, 0.2) is 62.4 Å². The summed E-state index contributed by atoms with van der Waals surface area (Å²) >= 11 is 3.64. The van der Waals surface area contributed by atoms with Crippen LogP contribution < -0.4 is 10.7 Å². The van der Waals surface area contributed by atoms with Crippen LogP contribution in [0, 0.1) is 0 Å². The molecule has 1 aromatic carbocycles. The number of hydrogen-bond donors (Lipinski definition) is 1. The van der Waals surface area contributed by atoms with Crippen molar-refractivity contribution >= 4 is 33.8 Å². The first-order chi connectivity index (χ1) is 12.3. The van der Waals surface area contributed by atoms with Crippen molar-refractivity contribution in [3.05, 3.63) is 79.1 Å². The number of hydrogen-bond acceptors (Lipinski definition) is 4. The van der Waals surface area contributed by atoms with E-state index in [1.54, 1.807) is 15.9 Å². The summed E-state index contributed by atoms with van der Waals surface area (Å²) in [6, 6.07) is 14.5. The highest BCUT2D eigenvalue weighted by Crippen LogP contribution is 2.31. The second-order valence-electron chi connectivity index (χ2n) is 6.33. The zero-order valence-electron chi connectivity index (χ0n) is 13.5. The van der Waals surface area contributed by atoms with E-state index in [9.17, 15) is 4.79 Å². The van der Waals surface area contributed by atoms with Crippen molar-refractivity contribution in [1.29, 1.82) is 0 Å². The minimum atomic E-state index is -0.269. The van der Waals surface area contributed by atoms with E-state index in [4.69, 9.17) is 4.42 Å². The quantitative estimate of drug-likeness (QED) is 0.603. The Morgan fingerprint density at radius 3 is 2.92 bits per heavy atom. The molecular formula is C19H17N2O2S2+. The molecule has 1 aliphatic rings. The van der Waals surface area contributed by atoms with Crippen molar-refractivity contribution in [2.24, 2.45) is 0 Å². The third-order valence-electron chi connectivity index (χ3n) is 4.93. The van der Waals surface area contributed by atoms with E-state index in [2.05, 4.69) is 29.0 Å². The molecule has 0 amide bonds. The predicted octanol–water partition coefficient (Wildman–Crippen LogP) is 2.91. The highest BCUT2D eigenvalue weighted by atomic mass is 32.1. The third kappa shape index (κ3) is 2.49. The molecule has 2 atom stereocenters. The maximum Gasteiger partial charge on any atom is 0.424 e. The van der Waals surface area contributed by atoms with Gasteiger partial charge in [0.25, 0.3) is 0 Å². The van der Waals surface area contributed by atoms with E-state index >= 15 is 0 Å². The summed E-state index contributed by atoms with van der Waals surface area (Å²) in [6.45, 7) is 1.63. The molecule has 4 nitrogen and oxygen atoms in total. The van der Waals surface area contributed by atoms with Gasteiger partial charge in [-0.15, -0.1) is 22.7 Å². The van der Waals surface area contributed by atoms with Gasteiger partial charge in [0, 0.05) is 16.9 Å². The summed E-state index contributed by atoms with van der Waals surface area (Å²) in [6.07, 6.45) is 1.06. The maximum atomic E-state index is 12.4. The Kier molecular flexibility index (Phi) is 3.62. The average molecular weight is 369 g/mol. The molecular weight excluding hydrogens is 352 g/mol. The number of fused-ring (bicyclic) bond motifs is 2. The Morgan fingerprint density at radius 2 is 2.04 bits per heavy atom. The molecule has 1 unspecified atom stereocenters. The molecule has 3 aromatic heterocycles. The molecule has 6 heteroatoms. The zero-order valence-corrected chi connectivity index (χ0v) is 15.1. The minimum Gasteiger partial charge on any atom is -0.408 e. The topological polar surface area (TPSA) is 39.6 Å². The van der Waals surface area contributed by atoms with Crippen LogP contribution in [0.1, 0.15) is 21.4 Å². The number of nitrogens with one attached hydrogen (secondary N) is 1. The van der Waals surface area contributed by atoms with Crippen LogP contribution in [0.2, 0.25) is 0 Å². The van der Waals surface area contributed by atoms with Crippen molar-refractivity contribution < 1.29 is 9.32 Å². The van der Waals surface area contributed by atoms with Gasteiger partial charge in [0.15, 0.2) is 18.3 Å². The van der Waals surface area contributed by atoms with Crippen LogP contribution in [-0.4, -0.2) is 11.1 Å². The molecule has 1 aliphatic heterocycles. The SMILES string of the molecule is O=c1oc2ccccc2n1C[NH+]1CCc2sccc2[C@H]1c1cccs1. The number of nitrogens with zero attached hydrogens (tertiary/aromatic N) is 1. The lowest BCUT2D eigenvalue weighted by Crippen LogP contribution is -3.13. The van der Waals surface area contributed by atoms with E-state index in [-0.39, 0.29) is 11.8 Å². The standard InChI is InChI=1S/C19H16N2O2S2/c22-19-21(14-4-1-2-5-15(14)23-19)12-20-9-7-16-13(8-11-25-16)18(20)17-6-3-10-24-17/h1-6,8,10-11,18H,7,9,12H2/p+1/t18-/m0/s1. The Morgan fingerprint density at radius 1 is 1.12 bits per heavy atom. The van der Waals surface area contributed by atoms with Gasteiger partial charge in [0.05, 0.1) is 16.9 Å². The zero-order chi connectivity index (χ0) is 16.8. The lowest BCUT2D eigenvalue weighted by atomic mass is 9.99. The normalized spacial score (nSPS) is 20.0. The lowest BCUT2D eigenvalue weighted by molar-refractivity contribution is -0.949. The van der Waals surface area contributed by atoms with Gasteiger partial charge in [-0.2, -0.15) is 0 Å². The summed E-state index contributed by atoms with van der Waals surface area (Å²) in [4.78, 5) is 16.6. The van der Waals surface area contributed by atoms with E-state index in [1.807, 2.05) is 35.6 Å². The summed E-state index contributed by atoms with van der Waals surface area (Å²) in [7, 11) is 0.